The predicted octanol–water partition coefficient (Wildman–Crippen LogP) is 14.4. The summed E-state index contributed by atoms with van der Waals surface area (Å²) in [6, 6.07) is 50.7. The minimum absolute atomic E-state index is 0. The molecule has 0 atom stereocenters. The van der Waals surface area contributed by atoms with Crippen LogP contribution >= 0.6 is 0 Å². The normalized spacial score (nSPS) is 14.2. The summed E-state index contributed by atoms with van der Waals surface area (Å²) in [6.07, 6.45) is 1.52. The van der Waals surface area contributed by atoms with E-state index < -0.39 is 25.5 Å². The number of para-hydroxylation sites is 1. The summed E-state index contributed by atoms with van der Waals surface area (Å²) in [5.74, 6) is 0. The Bertz CT molecular complexity index is 3280. The first-order valence-corrected chi connectivity index (χ1v) is 18.7. The van der Waals surface area contributed by atoms with E-state index in [0.717, 1.165) is 55.1 Å². The Hall–Kier alpha value is -6.13. The summed E-state index contributed by atoms with van der Waals surface area (Å²) in [4.78, 5) is 8.84. The Balaban J connectivity index is 0.000000238. The first kappa shape index (κ1) is 30.0. The molecule has 10 aromatic rings. The molecular formula is C53H42IrN2O2-2. The Morgan fingerprint density at radius 2 is 1.36 bits per heavy atom. The van der Waals surface area contributed by atoms with Crippen molar-refractivity contribution in [3.05, 3.63) is 181 Å². The average Bonchev–Trinajstić information content (AvgIpc) is 3.87. The molecule has 10 rings (SSSR count). The van der Waals surface area contributed by atoms with Crippen LogP contribution in [0.15, 0.2) is 161 Å². The molecular weight excluding hydrogens is 889 g/mol. The molecule has 58 heavy (non-hydrogen) atoms. The molecule has 0 bridgehead atoms. The molecule has 4 aromatic heterocycles. The second-order valence-electron chi connectivity index (χ2n) is 15.0. The molecule has 0 aliphatic heterocycles. The van der Waals surface area contributed by atoms with Crippen LogP contribution in [0.25, 0.3) is 88.6 Å². The zero-order chi connectivity index (χ0) is 45.9. The van der Waals surface area contributed by atoms with E-state index in [1.807, 2.05) is 63.2 Å². The zero-order valence-electron chi connectivity index (χ0n) is 40.0. The van der Waals surface area contributed by atoms with E-state index in [2.05, 4.69) is 83.8 Å². The maximum absolute atomic E-state index is 8.71. The summed E-state index contributed by atoms with van der Waals surface area (Å²) < 4.78 is 73.9. The predicted molar refractivity (Wildman–Crippen MR) is 235 cm³/mol. The molecule has 0 saturated carbocycles. The fourth-order valence-electron chi connectivity index (χ4n) is 7.12. The van der Waals surface area contributed by atoms with E-state index in [1.54, 1.807) is 18.3 Å². The van der Waals surface area contributed by atoms with Gasteiger partial charge in [-0.05, 0) is 63.9 Å². The fourth-order valence-corrected chi connectivity index (χ4v) is 7.12. The summed E-state index contributed by atoms with van der Waals surface area (Å²) >= 11 is 0. The van der Waals surface area contributed by atoms with Gasteiger partial charge in [0.15, 0.2) is 5.58 Å². The second kappa shape index (κ2) is 16.0. The van der Waals surface area contributed by atoms with Gasteiger partial charge in [-0.15, -0.1) is 53.6 Å². The fraction of sp³-hybridized carbons (Fsp3) is 0.132. The average molecular weight is 939 g/mol. The van der Waals surface area contributed by atoms with Crippen molar-refractivity contribution in [2.24, 2.45) is 5.41 Å². The monoisotopic (exact) mass is 939 g/mol. The Morgan fingerprint density at radius 1 is 0.603 bits per heavy atom. The zero-order valence-corrected chi connectivity index (χ0v) is 34.4. The Labute approximate surface area is 364 Å². The molecule has 0 spiro atoms. The van der Waals surface area contributed by atoms with Gasteiger partial charge in [0, 0.05) is 59.0 Å². The third-order valence-corrected chi connectivity index (χ3v) is 9.75. The number of aromatic nitrogens is 2. The van der Waals surface area contributed by atoms with Gasteiger partial charge < -0.3 is 18.8 Å². The first-order valence-electron chi connectivity index (χ1n) is 22.7. The van der Waals surface area contributed by atoms with Gasteiger partial charge in [-0.2, -0.15) is 0 Å². The molecule has 0 fully saturated rings. The topological polar surface area (TPSA) is 52.1 Å². The molecule has 287 valence electrons. The second-order valence-corrected chi connectivity index (χ2v) is 15.0. The minimum Gasteiger partial charge on any atom is -0.500 e. The number of fused-ring (bicyclic) bond motifs is 6. The van der Waals surface area contributed by atoms with Gasteiger partial charge in [0.1, 0.15) is 11.2 Å². The number of benzene rings is 6. The van der Waals surface area contributed by atoms with Crippen LogP contribution in [0.5, 0.6) is 0 Å². The van der Waals surface area contributed by atoms with Crippen LogP contribution < -0.4 is 0 Å². The first-order chi connectivity index (χ1) is 30.9. The van der Waals surface area contributed by atoms with Gasteiger partial charge in [0.2, 0.25) is 0 Å². The van der Waals surface area contributed by atoms with Crippen molar-refractivity contribution in [3.8, 4) is 44.8 Å². The molecule has 0 amide bonds. The van der Waals surface area contributed by atoms with Crippen LogP contribution in [-0.2, 0) is 26.5 Å². The van der Waals surface area contributed by atoms with E-state index in [0.29, 0.717) is 28.0 Å². The van der Waals surface area contributed by atoms with Crippen LogP contribution in [0.3, 0.4) is 0 Å². The number of aryl methyl sites for hydroxylation is 2. The van der Waals surface area contributed by atoms with E-state index >= 15 is 0 Å². The van der Waals surface area contributed by atoms with E-state index in [9.17, 15) is 0 Å². The SMILES string of the molecule is [2H]C([2H])([2H])c1c[c-]c(-c2ccc(C([2H])([2H])[2H])cn2)cc1.[2H]C([2H])(c1ccc2c(c1)oc1cnc(-c3[c-]ccc4c3oc3c(-c5ccc(-c6ccccc6)cc5)cccc34)cc12)C(C)(C)C.[Ir]. The van der Waals surface area contributed by atoms with Gasteiger partial charge in [0.25, 0.3) is 0 Å². The minimum atomic E-state index is -2.18. The Morgan fingerprint density at radius 3 is 2.10 bits per heavy atom. The quantitative estimate of drug-likeness (QED) is 0.161. The molecule has 1 radical (unpaired) electrons. The van der Waals surface area contributed by atoms with Crippen LogP contribution in [0.1, 0.15) is 48.4 Å². The van der Waals surface area contributed by atoms with E-state index in [4.69, 9.17) is 24.8 Å². The summed E-state index contributed by atoms with van der Waals surface area (Å²) in [6.45, 7) is 1.39. The smallest absolute Gasteiger partial charge is 0.151 e. The van der Waals surface area contributed by atoms with Crippen molar-refractivity contribution in [2.75, 3.05) is 0 Å². The van der Waals surface area contributed by atoms with Crippen molar-refractivity contribution in [1.82, 2.24) is 9.97 Å². The van der Waals surface area contributed by atoms with E-state index in [-0.39, 0.29) is 31.2 Å². The maximum atomic E-state index is 8.71. The van der Waals surface area contributed by atoms with Crippen LogP contribution in [0.4, 0.5) is 0 Å². The number of furan rings is 2. The van der Waals surface area contributed by atoms with Crippen molar-refractivity contribution >= 4 is 43.9 Å². The third-order valence-electron chi connectivity index (χ3n) is 9.75. The van der Waals surface area contributed by atoms with Gasteiger partial charge in [-0.25, -0.2) is 0 Å². The molecule has 5 heteroatoms. The number of hydrogen-bond donors (Lipinski definition) is 0. The van der Waals surface area contributed by atoms with Crippen molar-refractivity contribution in [1.29, 1.82) is 0 Å². The summed E-state index contributed by atoms with van der Waals surface area (Å²) in [5, 5.41) is 3.88. The largest absolute Gasteiger partial charge is 0.500 e. The van der Waals surface area contributed by atoms with Crippen LogP contribution in [0.2, 0.25) is 0 Å². The van der Waals surface area contributed by atoms with Gasteiger partial charge in [-0.1, -0.05) is 142 Å². The number of rotatable bonds is 5. The standard InChI is InChI=1S/C40H30NO2.C13H12N.Ir/c1-40(2,3)23-25-15-20-30-34-22-35(41-24-37(34)42-36(30)21-25)33-14-8-13-32-31-12-7-11-29(38(31)43-39(32)33)28-18-16-27(17-19-28)26-9-5-4-6-10-26;1-10-3-6-12(7-4-10)13-8-5-11(2)9-14-13;/h4-13,15-22,24H,23H2,1-3H3;3-6,8-9H,1-2H3;/q2*-1;/i23D2;1D3,2D3;. The number of nitrogens with zero attached hydrogens (tertiary/aromatic N) is 2. The van der Waals surface area contributed by atoms with Crippen LogP contribution in [-0.4, -0.2) is 9.97 Å². The molecule has 4 nitrogen and oxygen atoms in total. The van der Waals surface area contributed by atoms with Crippen molar-refractivity contribution in [3.63, 3.8) is 0 Å². The molecule has 0 aliphatic carbocycles. The molecule has 6 aromatic carbocycles. The summed E-state index contributed by atoms with van der Waals surface area (Å²) in [5.41, 5.74) is 10.4. The maximum Gasteiger partial charge on any atom is 0.151 e. The van der Waals surface area contributed by atoms with Crippen molar-refractivity contribution in [2.45, 2.75) is 40.8 Å². The number of hydrogen-bond acceptors (Lipinski definition) is 4. The molecule has 0 N–H and O–H groups in total. The molecule has 0 aliphatic rings. The molecule has 4 heterocycles. The van der Waals surface area contributed by atoms with Crippen molar-refractivity contribution < 1.29 is 39.9 Å². The molecule has 0 unspecified atom stereocenters. The van der Waals surface area contributed by atoms with Crippen LogP contribution in [0, 0.1) is 31.3 Å². The van der Waals surface area contributed by atoms with Gasteiger partial charge in [-0.3, -0.25) is 0 Å². The van der Waals surface area contributed by atoms with E-state index in [1.165, 1.54) is 35.5 Å². The Kier molecular flexibility index (Phi) is 8.29. The van der Waals surface area contributed by atoms with Gasteiger partial charge in [0.05, 0.1) is 11.8 Å². The number of pyridine rings is 2. The van der Waals surface area contributed by atoms with Gasteiger partial charge >= 0.3 is 0 Å². The summed E-state index contributed by atoms with van der Waals surface area (Å²) in [7, 11) is 0. The third kappa shape index (κ3) is 7.89. The molecule has 0 saturated heterocycles.